The third kappa shape index (κ3) is 3.94. The highest BCUT2D eigenvalue weighted by Gasteiger charge is 2.51. The number of carbonyl (C=O) groups is 3. The lowest BCUT2D eigenvalue weighted by atomic mass is 9.72. The van der Waals surface area contributed by atoms with Crippen LogP contribution in [-0.4, -0.2) is 81.2 Å². The largest absolute Gasteiger partial charge is 0.507 e. The van der Waals surface area contributed by atoms with Crippen LogP contribution in [0.1, 0.15) is 69.3 Å². The van der Waals surface area contributed by atoms with Gasteiger partial charge < -0.3 is 40.4 Å². The molecule has 0 spiro atoms. The van der Waals surface area contributed by atoms with Gasteiger partial charge in [0.15, 0.2) is 24.0 Å². The van der Waals surface area contributed by atoms with E-state index >= 15 is 4.39 Å². The number of aliphatic hydroxyl groups excluding tert-OH is 1. The number of hydrogen-bond acceptors (Lipinski definition) is 11. The number of methoxy groups -OCH3 is 1. The number of aromatic hydroxyl groups is 2. The molecule has 0 amide bonds. The fourth-order valence-corrected chi connectivity index (χ4v) is 5.62. The summed E-state index contributed by atoms with van der Waals surface area (Å²) in [5.41, 5.74) is 2.03. The maximum absolute atomic E-state index is 15.1. The van der Waals surface area contributed by atoms with Crippen molar-refractivity contribution in [3.63, 3.8) is 0 Å². The number of rotatable bonds is 4. The lowest BCUT2D eigenvalue weighted by Crippen LogP contribution is -2.60. The van der Waals surface area contributed by atoms with Crippen molar-refractivity contribution in [2.45, 2.75) is 69.1 Å². The number of fused-ring (bicyclic) bond motifs is 3. The maximum atomic E-state index is 15.1. The number of aliphatic hydroxyl groups is 2. The number of carbonyl (C=O) groups excluding carboxylic acids is 3. The molecule has 39 heavy (non-hydrogen) atoms. The Morgan fingerprint density at radius 3 is 2.46 bits per heavy atom. The van der Waals surface area contributed by atoms with E-state index in [9.17, 15) is 34.8 Å². The SMILES string of the molecule is COc1cccc2c1C(=O)c1c(O)c3c(c(O)c1C2=O)CC(O)(C(C)=O)C[C@@H]3O[C@@H]1O[C@@H](C)[C@@H](O)[C@@H](N)[C@@H]1F. The lowest BCUT2D eigenvalue weighted by molar-refractivity contribution is -0.273. The highest BCUT2D eigenvalue weighted by Crippen LogP contribution is 2.52. The van der Waals surface area contributed by atoms with Crippen LogP contribution in [0.2, 0.25) is 0 Å². The number of Topliss-reactive ketones (excluding diaryl/α,β-unsaturated/α-hetero) is 1. The Morgan fingerprint density at radius 2 is 1.82 bits per heavy atom. The summed E-state index contributed by atoms with van der Waals surface area (Å²) in [4.78, 5) is 39.6. The second-order valence-electron chi connectivity index (χ2n) is 10.2. The van der Waals surface area contributed by atoms with Crippen LogP contribution in [-0.2, 0) is 20.7 Å². The van der Waals surface area contributed by atoms with Gasteiger partial charge in [-0.2, -0.15) is 0 Å². The summed E-state index contributed by atoms with van der Waals surface area (Å²) in [5.74, 6) is -3.68. The summed E-state index contributed by atoms with van der Waals surface area (Å²) < 4.78 is 31.6. The van der Waals surface area contributed by atoms with Crippen molar-refractivity contribution in [3.8, 4) is 17.2 Å². The summed E-state index contributed by atoms with van der Waals surface area (Å²) >= 11 is 0. The first-order chi connectivity index (χ1) is 18.3. The monoisotopic (exact) mass is 545 g/mol. The molecule has 6 N–H and O–H groups in total. The van der Waals surface area contributed by atoms with Gasteiger partial charge in [0.05, 0.1) is 48.2 Å². The molecule has 0 saturated carbocycles. The van der Waals surface area contributed by atoms with Crippen molar-refractivity contribution >= 4 is 17.3 Å². The van der Waals surface area contributed by atoms with Gasteiger partial charge in [-0.25, -0.2) is 4.39 Å². The Hall–Kier alpha value is -3.42. The first kappa shape index (κ1) is 27.2. The fraction of sp³-hybridized carbons (Fsp3) is 0.444. The fourth-order valence-electron chi connectivity index (χ4n) is 5.62. The van der Waals surface area contributed by atoms with E-state index in [1.54, 1.807) is 0 Å². The van der Waals surface area contributed by atoms with Crippen molar-refractivity contribution in [2.24, 2.45) is 5.73 Å². The number of hydrogen-bond donors (Lipinski definition) is 5. The molecule has 0 aromatic heterocycles. The van der Waals surface area contributed by atoms with E-state index in [1.165, 1.54) is 32.2 Å². The minimum absolute atomic E-state index is 0.0654. The summed E-state index contributed by atoms with van der Waals surface area (Å²) in [6, 6.07) is 2.93. The number of halogens is 1. The van der Waals surface area contributed by atoms with Gasteiger partial charge in [-0.05, 0) is 19.9 Å². The number of ketones is 3. The first-order valence-corrected chi connectivity index (χ1v) is 12.3. The number of phenols is 2. The normalized spacial score (nSPS) is 31.8. The molecule has 3 aliphatic rings. The predicted molar refractivity (Wildman–Crippen MR) is 131 cm³/mol. The summed E-state index contributed by atoms with van der Waals surface area (Å²) in [7, 11) is 1.31. The van der Waals surface area contributed by atoms with Gasteiger partial charge in [-0.3, -0.25) is 14.4 Å². The molecule has 208 valence electrons. The topological polar surface area (TPSA) is 186 Å². The smallest absolute Gasteiger partial charge is 0.202 e. The van der Waals surface area contributed by atoms with Crippen LogP contribution in [0, 0.1) is 0 Å². The number of nitrogens with two attached hydrogens (primary N) is 1. The molecular formula is C27H28FNO10. The van der Waals surface area contributed by atoms with Crippen molar-refractivity contribution in [3.05, 3.63) is 51.6 Å². The Labute approximate surface area is 221 Å². The van der Waals surface area contributed by atoms with Gasteiger partial charge in [0.2, 0.25) is 5.78 Å². The standard InChI is InChI=1S/C27H28FNO10/c1-9-21(31)20(29)19(28)26(38-9)39-14-8-27(36,10(2)30)7-12-16(14)25(35)18-17(23(12)33)22(32)11-5-4-6-13(37-3)15(11)24(18)34/h4-6,9,14,19-21,26,31,33,35-36H,7-8,29H2,1-3H3/t9-,14-,19-,20-,21+,26-,27?/m0/s1. The van der Waals surface area contributed by atoms with Crippen LogP contribution in [0.15, 0.2) is 18.2 Å². The maximum Gasteiger partial charge on any atom is 0.202 e. The third-order valence-electron chi connectivity index (χ3n) is 7.88. The second-order valence-corrected chi connectivity index (χ2v) is 10.2. The Kier molecular flexibility index (Phi) is 6.51. The zero-order valence-corrected chi connectivity index (χ0v) is 21.3. The van der Waals surface area contributed by atoms with Crippen LogP contribution in [0.25, 0.3) is 0 Å². The van der Waals surface area contributed by atoms with E-state index in [0.29, 0.717) is 0 Å². The zero-order chi connectivity index (χ0) is 28.5. The van der Waals surface area contributed by atoms with Gasteiger partial charge in [0.1, 0.15) is 22.8 Å². The molecule has 5 rings (SSSR count). The highest BCUT2D eigenvalue weighted by atomic mass is 19.1. The molecule has 1 fully saturated rings. The van der Waals surface area contributed by atoms with Crippen LogP contribution >= 0.6 is 0 Å². The quantitative estimate of drug-likeness (QED) is 0.294. The summed E-state index contributed by atoms with van der Waals surface area (Å²) in [6.07, 6.45) is -8.52. The molecule has 7 atom stereocenters. The van der Waals surface area contributed by atoms with Crippen LogP contribution in [0.5, 0.6) is 17.2 Å². The van der Waals surface area contributed by atoms with E-state index in [0.717, 1.165) is 6.92 Å². The van der Waals surface area contributed by atoms with Crippen molar-refractivity contribution in [1.29, 1.82) is 0 Å². The molecular weight excluding hydrogens is 517 g/mol. The number of phenolic OH excluding ortho intramolecular Hbond substituents is 2. The zero-order valence-electron chi connectivity index (χ0n) is 21.3. The molecule has 11 nitrogen and oxygen atoms in total. The van der Waals surface area contributed by atoms with E-state index in [-0.39, 0.29) is 28.0 Å². The molecule has 2 aromatic carbocycles. The number of benzene rings is 2. The summed E-state index contributed by atoms with van der Waals surface area (Å²) in [6.45, 7) is 2.56. The molecule has 2 aromatic rings. The average Bonchev–Trinajstić information content (AvgIpc) is 2.90. The minimum Gasteiger partial charge on any atom is -0.507 e. The minimum atomic E-state index is -2.13. The summed E-state index contributed by atoms with van der Waals surface area (Å²) in [5, 5.41) is 44.0. The van der Waals surface area contributed by atoms with E-state index in [2.05, 4.69) is 0 Å². The van der Waals surface area contributed by atoms with Crippen LogP contribution < -0.4 is 10.5 Å². The van der Waals surface area contributed by atoms with Crippen molar-refractivity contribution in [2.75, 3.05) is 7.11 Å². The Balaban J connectivity index is 1.70. The van der Waals surface area contributed by atoms with Crippen molar-refractivity contribution in [1.82, 2.24) is 0 Å². The van der Waals surface area contributed by atoms with E-state index < -0.39 is 95.2 Å². The van der Waals surface area contributed by atoms with Crippen LogP contribution in [0.4, 0.5) is 4.39 Å². The second kappa shape index (κ2) is 9.35. The molecule has 1 aliphatic heterocycles. The lowest BCUT2D eigenvalue weighted by Gasteiger charge is -2.43. The van der Waals surface area contributed by atoms with Gasteiger partial charge in [-0.1, -0.05) is 12.1 Å². The van der Waals surface area contributed by atoms with E-state index in [4.69, 9.17) is 19.9 Å². The van der Waals surface area contributed by atoms with Gasteiger partial charge in [0, 0.05) is 29.5 Å². The molecule has 1 heterocycles. The van der Waals surface area contributed by atoms with Gasteiger partial charge in [-0.15, -0.1) is 0 Å². The van der Waals surface area contributed by atoms with E-state index in [1.807, 2.05) is 0 Å². The number of ether oxygens (including phenoxy) is 3. The molecule has 1 saturated heterocycles. The van der Waals surface area contributed by atoms with Gasteiger partial charge >= 0.3 is 0 Å². The average molecular weight is 546 g/mol. The van der Waals surface area contributed by atoms with Crippen LogP contribution in [0.3, 0.4) is 0 Å². The predicted octanol–water partition coefficient (Wildman–Crippen LogP) is 0.977. The Morgan fingerprint density at radius 1 is 1.15 bits per heavy atom. The number of alkyl halides is 1. The first-order valence-electron chi connectivity index (χ1n) is 12.3. The highest BCUT2D eigenvalue weighted by molar-refractivity contribution is 6.31. The van der Waals surface area contributed by atoms with Crippen molar-refractivity contribution < 1.29 is 53.4 Å². The molecule has 0 bridgehead atoms. The molecule has 0 radical (unpaired) electrons. The Bertz CT molecular complexity index is 1410. The third-order valence-corrected chi connectivity index (χ3v) is 7.88. The molecule has 1 unspecified atom stereocenters. The molecule has 2 aliphatic carbocycles. The molecule has 12 heteroatoms. The van der Waals surface area contributed by atoms with Gasteiger partial charge in [0.25, 0.3) is 0 Å².